The number of fused-ring (bicyclic) bond motifs is 1. The van der Waals surface area contributed by atoms with Gasteiger partial charge < -0.3 is 0 Å². The summed E-state index contributed by atoms with van der Waals surface area (Å²) in [5, 5.41) is 1.12. The monoisotopic (exact) mass is 309 g/mol. The molecular weight excluding hydrogens is 292 g/mol. The van der Waals surface area contributed by atoms with E-state index in [1.54, 1.807) is 0 Å². The van der Waals surface area contributed by atoms with Gasteiger partial charge in [-0.15, -0.1) is 0 Å². The van der Waals surface area contributed by atoms with Gasteiger partial charge in [-0.3, -0.25) is 0 Å². The Bertz CT molecular complexity index is 986. The van der Waals surface area contributed by atoms with Crippen LogP contribution in [0, 0.1) is 0 Å². The topological polar surface area (TPSA) is 11.3 Å². The molecule has 0 atom stereocenters. The lowest BCUT2D eigenvalue weighted by molar-refractivity contribution is 0.620. The van der Waals surface area contributed by atoms with Crippen molar-refractivity contribution in [1.29, 1.82) is 0 Å². The maximum absolute atomic E-state index is 6.11. The quantitative estimate of drug-likeness (QED) is 0.390. The van der Waals surface area contributed by atoms with Crippen LogP contribution in [0.2, 0.25) is 0 Å². The summed E-state index contributed by atoms with van der Waals surface area (Å²) in [4.78, 5) is 0. The highest BCUT2D eigenvalue weighted by atomic mass is 16.3. The molecule has 0 saturated heterocycles. The highest BCUT2D eigenvalue weighted by Crippen LogP contribution is 2.29. The molecule has 0 amide bonds. The highest BCUT2D eigenvalue weighted by molar-refractivity contribution is 5.91. The van der Waals surface area contributed by atoms with Crippen LogP contribution in [0.4, 0.5) is 0 Å². The maximum atomic E-state index is 6.11. The van der Waals surface area contributed by atoms with Crippen molar-refractivity contribution in [3.8, 4) is 11.3 Å². The zero-order chi connectivity index (χ0) is 16.2. The van der Waals surface area contributed by atoms with Crippen molar-refractivity contribution in [2.45, 2.75) is 0 Å². The van der Waals surface area contributed by atoms with E-state index in [2.05, 4.69) is 48.6 Å². The van der Waals surface area contributed by atoms with Gasteiger partial charge in [0.25, 0.3) is 0 Å². The maximum Gasteiger partial charge on any atom is 0.361 e. The van der Waals surface area contributed by atoms with Crippen LogP contribution in [0.5, 0.6) is 0 Å². The number of hydrogen-bond donors (Lipinski definition) is 0. The molecule has 0 N–H and O–H groups in total. The van der Waals surface area contributed by atoms with Crippen LogP contribution >= 0.6 is 0 Å². The molecule has 1 nitrogen and oxygen atoms in total. The SMILES string of the molecule is C(=Cc1cc(-c2ccccc2)[o+]c2ccccc12)c1ccccc1. The summed E-state index contributed by atoms with van der Waals surface area (Å²) in [5.41, 5.74) is 4.31. The van der Waals surface area contributed by atoms with E-state index in [0.29, 0.717) is 0 Å². The Kier molecular flexibility index (Phi) is 3.91. The van der Waals surface area contributed by atoms with Crippen molar-refractivity contribution in [2.24, 2.45) is 0 Å². The molecule has 0 aliphatic rings. The minimum atomic E-state index is 0.877. The van der Waals surface area contributed by atoms with Crippen molar-refractivity contribution >= 4 is 23.1 Å². The van der Waals surface area contributed by atoms with Crippen LogP contribution in [0.1, 0.15) is 11.1 Å². The number of rotatable bonds is 3. The standard InChI is InChI=1S/C23H17O/c1-3-9-18(10-4-1)15-16-20-17-23(19-11-5-2-6-12-19)24-22-14-8-7-13-21(20)22/h1-17H/q+1. The van der Waals surface area contributed by atoms with Crippen LogP contribution in [-0.4, -0.2) is 0 Å². The molecule has 4 rings (SSSR count). The normalized spacial score (nSPS) is 11.2. The predicted octanol–water partition coefficient (Wildman–Crippen LogP) is 6.55. The summed E-state index contributed by atoms with van der Waals surface area (Å²) in [5.74, 6) is 0.877. The first-order valence-corrected chi connectivity index (χ1v) is 8.04. The molecule has 0 aliphatic heterocycles. The van der Waals surface area contributed by atoms with Crippen LogP contribution in [0.15, 0.2) is 95.4 Å². The molecule has 3 aromatic carbocycles. The number of para-hydroxylation sites is 1. The van der Waals surface area contributed by atoms with Crippen LogP contribution in [-0.2, 0) is 0 Å². The molecule has 0 saturated carbocycles. The Morgan fingerprint density at radius 1 is 0.625 bits per heavy atom. The second kappa shape index (κ2) is 6.51. The van der Waals surface area contributed by atoms with Gasteiger partial charge in [0.15, 0.2) is 0 Å². The lowest BCUT2D eigenvalue weighted by atomic mass is 10.0. The van der Waals surface area contributed by atoms with Gasteiger partial charge in [0.05, 0.1) is 17.0 Å². The van der Waals surface area contributed by atoms with Crippen molar-refractivity contribution < 1.29 is 4.42 Å². The molecule has 0 unspecified atom stereocenters. The molecular formula is C23H17O+. The fourth-order valence-electron chi connectivity index (χ4n) is 2.79. The molecule has 0 aliphatic carbocycles. The van der Waals surface area contributed by atoms with Gasteiger partial charge in [-0.05, 0) is 23.8 Å². The van der Waals surface area contributed by atoms with E-state index in [4.69, 9.17) is 4.42 Å². The molecule has 114 valence electrons. The molecule has 24 heavy (non-hydrogen) atoms. The number of benzene rings is 3. The van der Waals surface area contributed by atoms with E-state index in [1.165, 1.54) is 5.56 Å². The van der Waals surface area contributed by atoms with Crippen LogP contribution < -0.4 is 0 Å². The second-order valence-corrected chi connectivity index (χ2v) is 5.67. The minimum Gasteiger partial charge on any atom is -0.207 e. The third-order valence-electron chi connectivity index (χ3n) is 4.02. The zero-order valence-corrected chi connectivity index (χ0v) is 13.2. The summed E-state index contributed by atoms with van der Waals surface area (Å²) < 4.78 is 6.11. The van der Waals surface area contributed by atoms with Gasteiger partial charge in [0.1, 0.15) is 0 Å². The fourth-order valence-corrected chi connectivity index (χ4v) is 2.79. The Balaban J connectivity index is 1.85. The fraction of sp³-hybridized carbons (Fsp3) is 0. The van der Waals surface area contributed by atoms with E-state index in [0.717, 1.165) is 27.9 Å². The van der Waals surface area contributed by atoms with E-state index in [-0.39, 0.29) is 0 Å². The lowest BCUT2D eigenvalue weighted by Gasteiger charge is -1.99. The summed E-state index contributed by atoms with van der Waals surface area (Å²) in [6, 6.07) is 30.8. The summed E-state index contributed by atoms with van der Waals surface area (Å²) in [6.45, 7) is 0. The third kappa shape index (κ3) is 2.97. The Labute approximate surface area is 141 Å². The van der Waals surface area contributed by atoms with Crippen LogP contribution in [0.25, 0.3) is 34.4 Å². The van der Waals surface area contributed by atoms with Gasteiger partial charge in [-0.2, -0.15) is 0 Å². The van der Waals surface area contributed by atoms with E-state index in [1.807, 2.05) is 54.6 Å². The minimum absolute atomic E-state index is 0.877. The van der Waals surface area contributed by atoms with Gasteiger partial charge in [-0.1, -0.05) is 72.8 Å². The molecule has 0 radical (unpaired) electrons. The largest absolute Gasteiger partial charge is 0.361 e. The summed E-state index contributed by atoms with van der Waals surface area (Å²) >= 11 is 0. The van der Waals surface area contributed by atoms with Crippen molar-refractivity contribution in [2.75, 3.05) is 0 Å². The predicted molar refractivity (Wildman–Crippen MR) is 101 cm³/mol. The Morgan fingerprint density at radius 2 is 1.29 bits per heavy atom. The first-order valence-electron chi connectivity index (χ1n) is 8.04. The highest BCUT2D eigenvalue weighted by Gasteiger charge is 2.17. The molecule has 1 heteroatoms. The molecule has 0 spiro atoms. The van der Waals surface area contributed by atoms with Gasteiger partial charge in [0.2, 0.25) is 0 Å². The molecule has 0 bridgehead atoms. The molecule has 1 aromatic heterocycles. The smallest absolute Gasteiger partial charge is 0.207 e. The van der Waals surface area contributed by atoms with Gasteiger partial charge in [-0.25, -0.2) is 4.42 Å². The second-order valence-electron chi connectivity index (χ2n) is 5.67. The van der Waals surface area contributed by atoms with Crippen LogP contribution in [0.3, 0.4) is 0 Å². The lowest BCUT2D eigenvalue weighted by Crippen LogP contribution is -1.83. The zero-order valence-electron chi connectivity index (χ0n) is 13.2. The average Bonchev–Trinajstić information content (AvgIpc) is 2.67. The number of hydrogen-bond acceptors (Lipinski definition) is 0. The molecule has 4 aromatic rings. The van der Waals surface area contributed by atoms with E-state index >= 15 is 0 Å². The van der Waals surface area contributed by atoms with Crippen molar-refractivity contribution in [3.63, 3.8) is 0 Å². The third-order valence-corrected chi connectivity index (χ3v) is 4.02. The van der Waals surface area contributed by atoms with Gasteiger partial charge >= 0.3 is 11.3 Å². The first-order chi connectivity index (χ1) is 11.9. The molecule has 0 fully saturated rings. The first kappa shape index (κ1) is 14.4. The summed E-state index contributed by atoms with van der Waals surface area (Å²) in [7, 11) is 0. The van der Waals surface area contributed by atoms with E-state index in [9.17, 15) is 0 Å². The van der Waals surface area contributed by atoms with Crippen molar-refractivity contribution in [1.82, 2.24) is 0 Å². The Hall–Kier alpha value is -3.19. The summed E-state index contributed by atoms with van der Waals surface area (Å²) in [6.07, 6.45) is 4.29. The average molecular weight is 309 g/mol. The molecule has 1 heterocycles. The van der Waals surface area contributed by atoms with Crippen molar-refractivity contribution in [3.05, 3.63) is 102 Å². The van der Waals surface area contributed by atoms with E-state index < -0.39 is 0 Å². The Morgan fingerprint density at radius 3 is 2.08 bits per heavy atom. The van der Waals surface area contributed by atoms with Gasteiger partial charge in [0, 0.05) is 11.6 Å².